The maximum atomic E-state index is 13.4. The highest BCUT2D eigenvalue weighted by atomic mass is 16.5. The Balaban J connectivity index is 1.87. The number of amides is 2. The van der Waals surface area contributed by atoms with Gasteiger partial charge >= 0.3 is 0 Å². The Morgan fingerprint density at radius 3 is 2.83 bits per heavy atom. The smallest absolute Gasteiger partial charge is 0.254 e. The Morgan fingerprint density at radius 1 is 1.34 bits per heavy atom. The first-order chi connectivity index (χ1) is 13.9. The molecule has 2 bridgehead atoms. The second kappa shape index (κ2) is 9.16. The van der Waals surface area contributed by atoms with Gasteiger partial charge in [0.1, 0.15) is 5.75 Å². The van der Waals surface area contributed by atoms with Crippen molar-refractivity contribution >= 4 is 11.8 Å². The molecular weight excluding hydrogens is 368 g/mol. The second-order valence-corrected chi connectivity index (χ2v) is 8.69. The average molecular weight is 403 g/mol. The summed E-state index contributed by atoms with van der Waals surface area (Å²) in [6.45, 7) is 6.97. The van der Waals surface area contributed by atoms with Crippen LogP contribution in [0, 0.1) is 11.3 Å². The molecule has 0 aliphatic carbocycles. The van der Waals surface area contributed by atoms with Crippen molar-refractivity contribution in [3.05, 3.63) is 29.8 Å². The van der Waals surface area contributed by atoms with Crippen LogP contribution in [0.2, 0.25) is 0 Å². The SMILES string of the molecule is CCOc1cccc(C(=O)N2[C@@H]3CC[C@H]2[C@@](CCC(C)C)(C(=O)NCCO)C3)c1. The Hall–Kier alpha value is -2.08. The standard InChI is InChI=1S/C23H34N2O4/c1-4-29-19-7-5-6-17(14-19)21(27)25-18-8-9-20(25)23(15-18,11-10-16(2)3)22(28)24-12-13-26/h5-7,14,16,18,20,26H,4,8-13,15H2,1-3H3,(H,24,28)/t18-,20+,23+/m1/s1. The van der Waals surface area contributed by atoms with E-state index in [-0.39, 0.29) is 37.0 Å². The van der Waals surface area contributed by atoms with Gasteiger partial charge in [-0.2, -0.15) is 0 Å². The molecule has 1 aromatic carbocycles. The van der Waals surface area contributed by atoms with E-state index in [1.165, 1.54) is 0 Å². The fourth-order valence-corrected chi connectivity index (χ4v) is 5.04. The molecular formula is C23H34N2O4. The zero-order valence-electron chi connectivity index (χ0n) is 17.8. The summed E-state index contributed by atoms with van der Waals surface area (Å²) in [5.41, 5.74) is 0.0542. The normalized spacial score (nSPS) is 25.5. The highest BCUT2D eigenvalue weighted by Gasteiger charge is 2.60. The lowest BCUT2D eigenvalue weighted by molar-refractivity contribution is -0.133. The van der Waals surface area contributed by atoms with E-state index in [2.05, 4.69) is 19.2 Å². The molecule has 6 nitrogen and oxygen atoms in total. The molecule has 2 N–H and O–H groups in total. The second-order valence-electron chi connectivity index (χ2n) is 8.69. The molecule has 2 aliphatic heterocycles. The summed E-state index contributed by atoms with van der Waals surface area (Å²) in [7, 11) is 0. The predicted molar refractivity (Wildman–Crippen MR) is 112 cm³/mol. The summed E-state index contributed by atoms with van der Waals surface area (Å²) in [5, 5.41) is 12.1. The van der Waals surface area contributed by atoms with Crippen molar-refractivity contribution in [2.45, 2.75) is 65.0 Å². The maximum Gasteiger partial charge on any atom is 0.254 e. The summed E-state index contributed by atoms with van der Waals surface area (Å²) in [6.07, 6.45) is 4.21. The van der Waals surface area contributed by atoms with Crippen molar-refractivity contribution in [1.82, 2.24) is 10.2 Å². The number of benzene rings is 1. The molecule has 0 saturated carbocycles. The van der Waals surface area contributed by atoms with Gasteiger partial charge in [0.05, 0.1) is 18.6 Å². The van der Waals surface area contributed by atoms with Gasteiger partial charge in [0.2, 0.25) is 5.91 Å². The fraction of sp³-hybridized carbons (Fsp3) is 0.652. The third-order valence-corrected chi connectivity index (χ3v) is 6.38. The summed E-state index contributed by atoms with van der Waals surface area (Å²) in [4.78, 5) is 28.6. The van der Waals surface area contributed by atoms with E-state index >= 15 is 0 Å². The van der Waals surface area contributed by atoms with Gasteiger partial charge in [0.25, 0.3) is 5.91 Å². The lowest BCUT2D eigenvalue weighted by atomic mass is 9.69. The topological polar surface area (TPSA) is 78.9 Å². The zero-order valence-corrected chi connectivity index (χ0v) is 17.8. The molecule has 2 fully saturated rings. The molecule has 2 amide bonds. The van der Waals surface area contributed by atoms with E-state index < -0.39 is 5.41 Å². The van der Waals surface area contributed by atoms with Gasteiger partial charge in [-0.05, 0) is 63.1 Å². The molecule has 2 aliphatic rings. The lowest BCUT2D eigenvalue weighted by Gasteiger charge is -2.36. The van der Waals surface area contributed by atoms with Gasteiger partial charge in [-0.3, -0.25) is 9.59 Å². The number of carbonyl (C=O) groups is 2. The molecule has 0 spiro atoms. The molecule has 160 valence electrons. The van der Waals surface area contributed by atoms with Crippen molar-refractivity contribution < 1.29 is 19.4 Å². The summed E-state index contributed by atoms with van der Waals surface area (Å²) < 4.78 is 5.56. The summed E-state index contributed by atoms with van der Waals surface area (Å²) in [6, 6.07) is 7.32. The highest BCUT2D eigenvalue weighted by molar-refractivity contribution is 5.97. The number of hydrogen-bond acceptors (Lipinski definition) is 4. The monoisotopic (exact) mass is 402 g/mol. The number of ether oxygens (including phenoxy) is 1. The van der Waals surface area contributed by atoms with Gasteiger partial charge in [0, 0.05) is 24.2 Å². The van der Waals surface area contributed by atoms with Crippen molar-refractivity contribution in [1.29, 1.82) is 0 Å². The minimum absolute atomic E-state index is 0.0135. The molecule has 6 heteroatoms. The van der Waals surface area contributed by atoms with Gasteiger partial charge in [-0.25, -0.2) is 0 Å². The predicted octanol–water partition coefficient (Wildman–Crippen LogP) is 2.99. The van der Waals surface area contributed by atoms with Crippen molar-refractivity contribution in [2.75, 3.05) is 19.8 Å². The van der Waals surface area contributed by atoms with E-state index in [1.807, 2.05) is 30.0 Å². The Bertz CT molecular complexity index is 735. The Labute approximate surface area is 173 Å². The van der Waals surface area contributed by atoms with Gasteiger partial charge < -0.3 is 20.1 Å². The minimum atomic E-state index is -0.560. The number of rotatable bonds is 9. The van der Waals surface area contributed by atoms with Crippen molar-refractivity contribution in [3.8, 4) is 5.75 Å². The molecule has 3 atom stereocenters. The highest BCUT2D eigenvalue weighted by Crippen LogP contribution is 2.53. The average Bonchev–Trinajstić information content (AvgIpc) is 3.27. The molecule has 3 rings (SSSR count). The fourth-order valence-electron chi connectivity index (χ4n) is 5.04. The van der Waals surface area contributed by atoms with E-state index in [4.69, 9.17) is 9.84 Å². The number of hydrogen-bond donors (Lipinski definition) is 2. The summed E-state index contributed by atoms with van der Waals surface area (Å²) >= 11 is 0. The van der Waals surface area contributed by atoms with Crippen molar-refractivity contribution in [2.24, 2.45) is 11.3 Å². The number of nitrogens with zero attached hydrogens (tertiary/aromatic N) is 1. The Morgan fingerprint density at radius 2 is 2.14 bits per heavy atom. The number of fused-ring (bicyclic) bond motifs is 2. The van der Waals surface area contributed by atoms with Gasteiger partial charge in [-0.1, -0.05) is 19.9 Å². The number of aliphatic hydroxyl groups excluding tert-OH is 1. The molecule has 0 unspecified atom stereocenters. The first kappa shape index (κ1) is 21.6. The molecule has 1 aromatic rings. The van der Waals surface area contributed by atoms with Crippen LogP contribution < -0.4 is 10.1 Å². The van der Waals surface area contributed by atoms with Gasteiger partial charge in [0.15, 0.2) is 0 Å². The first-order valence-corrected chi connectivity index (χ1v) is 10.9. The van der Waals surface area contributed by atoms with Gasteiger partial charge in [-0.15, -0.1) is 0 Å². The third-order valence-electron chi connectivity index (χ3n) is 6.38. The van der Waals surface area contributed by atoms with E-state index in [9.17, 15) is 9.59 Å². The zero-order chi connectivity index (χ0) is 21.0. The van der Waals surface area contributed by atoms with Crippen LogP contribution in [0.3, 0.4) is 0 Å². The number of aliphatic hydroxyl groups is 1. The minimum Gasteiger partial charge on any atom is -0.494 e. The van der Waals surface area contributed by atoms with Crippen LogP contribution in [0.5, 0.6) is 5.75 Å². The Kier molecular flexibility index (Phi) is 6.83. The van der Waals surface area contributed by atoms with E-state index in [0.717, 1.165) is 25.7 Å². The largest absolute Gasteiger partial charge is 0.494 e. The molecule has 0 radical (unpaired) electrons. The maximum absolute atomic E-state index is 13.4. The van der Waals surface area contributed by atoms with Crippen LogP contribution in [0.4, 0.5) is 0 Å². The van der Waals surface area contributed by atoms with Crippen LogP contribution in [-0.4, -0.2) is 53.7 Å². The van der Waals surface area contributed by atoms with Crippen LogP contribution >= 0.6 is 0 Å². The van der Waals surface area contributed by atoms with Crippen LogP contribution in [-0.2, 0) is 4.79 Å². The van der Waals surface area contributed by atoms with E-state index in [0.29, 0.717) is 30.3 Å². The molecule has 29 heavy (non-hydrogen) atoms. The van der Waals surface area contributed by atoms with Crippen LogP contribution in [0.1, 0.15) is 63.2 Å². The van der Waals surface area contributed by atoms with Crippen LogP contribution in [0.15, 0.2) is 24.3 Å². The quantitative estimate of drug-likeness (QED) is 0.666. The first-order valence-electron chi connectivity index (χ1n) is 10.9. The third kappa shape index (κ3) is 4.27. The van der Waals surface area contributed by atoms with E-state index in [1.54, 1.807) is 6.07 Å². The molecule has 2 heterocycles. The summed E-state index contributed by atoms with van der Waals surface area (Å²) in [5.74, 6) is 1.15. The van der Waals surface area contributed by atoms with Crippen LogP contribution in [0.25, 0.3) is 0 Å². The number of carbonyl (C=O) groups excluding carboxylic acids is 2. The molecule has 2 saturated heterocycles. The number of nitrogens with one attached hydrogen (secondary N) is 1. The van der Waals surface area contributed by atoms with Crippen molar-refractivity contribution in [3.63, 3.8) is 0 Å². The molecule has 0 aromatic heterocycles. The lowest BCUT2D eigenvalue weighted by Crippen LogP contribution is -2.50.